The van der Waals surface area contributed by atoms with E-state index in [1.807, 2.05) is 0 Å². The molecule has 1 aromatic carbocycles. The second-order valence-corrected chi connectivity index (χ2v) is 4.19. The summed E-state index contributed by atoms with van der Waals surface area (Å²) in [5.74, 6) is 0. The van der Waals surface area contributed by atoms with E-state index in [0.29, 0.717) is 0 Å². The molecule has 92 valence electrons. The second-order valence-electron chi connectivity index (χ2n) is 4.19. The van der Waals surface area contributed by atoms with Crippen molar-refractivity contribution in [2.75, 3.05) is 19.6 Å². The van der Waals surface area contributed by atoms with Crippen molar-refractivity contribution in [1.82, 2.24) is 4.48 Å². The van der Waals surface area contributed by atoms with Crippen LogP contribution >= 0.6 is 0 Å². The summed E-state index contributed by atoms with van der Waals surface area (Å²) in [6.07, 6.45) is 2.60. The topological polar surface area (TPSA) is 30.0 Å². The minimum absolute atomic E-state index is 0. The second kappa shape index (κ2) is 7.42. The Labute approximate surface area is 99.8 Å². The number of rotatable bonds is 6. The predicted molar refractivity (Wildman–Crippen MR) is 71.0 cm³/mol. The Morgan fingerprint density at radius 1 is 0.938 bits per heavy atom. The van der Waals surface area contributed by atoms with Crippen molar-refractivity contribution in [1.29, 1.82) is 0 Å². The first-order valence-corrected chi connectivity index (χ1v) is 6.20. The van der Waals surface area contributed by atoms with Crippen molar-refractivity contribution >= 4 is 5.69 Å². The molecule has 2 nitrogen and oxygen atoms in total. The fourth-order valence-corrected chi connectivity index (χ4v) is 2.24. The quantitative estimate of drug-likeness (QED) is 0.677. The van der Waals surface area contributed by atoms with E-state index in [1.54, 1.807) is 0 Å². The summed E-state index contributed by atoms with van der Waals surface area (Å²) in [6, 6.07) is 10.9. The van der Waals surface area contributed by atoms with Crippen molar-refractivity contribution in [3.05, 3.63) is 30.3 Å². The Bertz CT molecular complexity index is 267. The van der Waals surface area contributed by atoms with Gasteiger partial charge in [-0.15, -0.1) is 0 Å². The van der Waals surface area contributed by atoms with Gasteiger partial charge < -0.3 is 5.48 Å². The summed E-state index contributed by atoms with van der Waals surface area (Å²) < 4.78 is 1.13. The van der Waals surface area contributed by atoms with Crippen molar-refractivity contribution in [3.63, 3.8) is 0 Å². The molecule has 1 rings (SSSR count). The maximum atomic E-state index is 2.30. The molecule has 0 fully saturated rings. The van der Waals surface area contributed by atoms with Crippen LogP contribution in [-0.4, -0.2) is 25.1 Å². The maximum absolute atomic E-state index is 2.30. The lowest BCUT2D eigenvalue weighted by Crippen LogP contribution is -2.49. The highest BCUT2D eigenvalue weighted by Crippen LogP contribution is 2.23. The third-order valence-electron chi connectivity index (χ3n) is 3.45. The average Bonchev–Trinajstić information content (AvgIpc) is 2.33. The molecule has 1 aromatic rings. The van der Waals surface area contributed by atoms with E-state index in [2.05, 4.69) is 51.1 Å². The monoisotopic (exact) mass is 223 g/mol. The van der Waals surface area contributed by atoms with Crippen LogP contribution in [0.3, 0.4) is 0 Å². The van der Waals surface area contributed by atoms with Crippen LogP contribution < -0.4 is 4.48 Å². The van der Waals surface area contributed by atoms with Gasteiger partial charge in [0.1, 0.15) is 5.69 Å². The smallest absolute Gasteiger partial charge is 0.132 e. The van der Waals surface area contributed by atoms with E-state index >= 15 is 0 Å². The lowest BCUT2D eigenvalue weighted by atomic mass is 10.2. The van der Waals surface area contributed by atoms with Crippen molar-refractivity contribution in [3.8, 4) is 0 Å². The summed E-state index contributed by atoms with van der Waals surface area (Å²) in [5.41, 5.74) is 1.47. The van der Waals surface area contributed by atoms with E-state index in [9.17, 15) is 0 Å². The maximum Gasteiger partial charge on any atom is 0.132 e. The van der Waals surface area contributed by atoms with Gasteiger partial charge in [0.05, 0.1) is 19.6 Å². The highest BCUT2D eigenvalue weighted by Gasteiger charge is 2.24. The molecule has 0 spiro atoms. The number of para-hydroxylation sites is 1. The van der Waals surface area contributed by atoms with Crippen molar-refractivity contribution in [2.24, 2.45) is 0 Å². The lowest BCUT2D eigenvalue weighted by Gasteiger charge is -2.36. The zero-order valence-electron chi connectivity index (χ0n) is 10.8. The Morgan fingerprint density at radius 2 is 1.50 bits per heavy atom. The highest BCUT2D eigenvalue weighted by atomic mass is 16.0. The lowest BCUT2D eigenvalue weighted by molar-refractivity contribution is 0.295. The predicted octanol–water partition coefficient (Wildman–Crippen LogP) is 3.66. The van der Waals surface area contributed by atoms with Crippen LogP contribution in [0.25, 0.3) is 0 Å². The molecule has 0 heterocycles. The Balaban J connectivity index is 0.00000225. The number of nitrogens with zero attached hydrogens (tertiary/aromatic N) is 1. The van der Waals surface area contributed by atoms with Crippen LogP contribution in [0.1, 0.15) is 33.6 Å². The summed E-state index contributed by atoms with van der Waals surface area (Å²) in [7, 11) is 0. The Hall–Kier alpha value is -0.860. The first-order chi connectivity index (χ1) is 7.29. The van der Waals surface area contributed by atoms with E-state index in [4.69, 9.17) is 0 Å². The average molecular weight is 223 g/mol. The van der Waals surface area contributed by atoms with Crippen molar-refractivity contribution in [2.45, 2.75) is 33.6 Å². The van der Waals surface area contributed by atoms with Crippen LogP contribution in [-0.2, 0) is 0 Å². The van der Waals surface area contributed by atoms with Crippen LogP contribution in [0, 0.1) is 0 Å². The van der Waals surface area contributed by atoms with Crippen molar-refractivity contribution < 1.29 is 5.48 Å². The molecule has 0 saturated carbocycles. The fraction of sp³-hybridized carbons (Fsp3) is 0.571. The number of hydrogen-bond acceptors (Lipinski definition) is 1. The summed E-state index contributed by atoms with van der Waals surface area (Å²) >= 11 is 0. The largest absolute Gasteiger partial charge is 0.870 e. The molecule has 0 aromatic heterocycles. The van der Waals surface area contributed by atoms with Crippen LogP contribution in [0.5, 0.6) is 0 Å². The summed E-state index contributed by atoms with van der Waals surface area (Å²) in [6.45, 7) is 10.5. The molecule has 0 radical (unpaired) electrons. The Morgan fingerprint density at radius 3 is 1.94 bits per heavy atom. The van der Waals surface area contributed by atoms with Gasteiger partial charge in [0.2, 0.25) is 0 Å². The highest BCUT2D eigenvalue weighted by molar-refractivity contribution is 5.42. The van der Waals surface area contributed by atoms with E-state index in [0.717, 1.165) is 4.48 Å². The SMILES string of the molecule is CCCC[N+](CC)(CC)c1ccccc1.[OH-]. The minimum atomic E-state index is 0. The molecule has 16 heavy (non-hydrogen) atoms. The van der Waals surface area contributed by atoms with Gasteiger partial charge in [0.25, 0.3) is 0 Å². The summed E-state index contributed by atoms with van der Waals surface area (Å²) in [4.78, 5) is 0. The number of benzene rings is 1. The third-order valence-corrected chi connectivity index (χ3v) is 3.45. The van der Waals surface area contributed by atoms with Gasteiger partial charge in [-0.3, -0.25) is 4.48 Å². The first kappa shape index (κ1) is 15.1. The molecule has 0 aliphatic heterocycles. The molecule has 0 unspecified atom stereocenters. The van der Waals surface area contributed by atoms with E-state index in [1.165, 1.54) is 38.2 Å². The molecule has 1 N–H and O–H groups in total. The van der Waals surface area contributed by atoms with Gasteiger partial charge in [-0.2, -0.15) is 0 Å². The van der Waals surface area contributed by atoms with Gasteiger partial charge in [-0.1, -0.05) is 31.5 Å². The Kier molecular flexibility index (Phi) is 7.02. The minimum Gasteiger partial charge on any atom is -0.870 e. The van der Waals surface area contributed by atoms with Gasteiger partial charge in [0, 0.05) is 0 Å². The van der Waals surface area contributed by atoms with E-state index < -0.39 is 0 Å². The van der Waals surface area contributed by atoms with E-state index in [-0.39, 0.29) is 5.48 Å². The van der Waals surface area contributed by atoms with Gasteiger partial charge in [-0.25, -0.2) is 0 Å². The number of quaternary nitrogens is 1. The van der Waals surface area contributed by atoms with Crippen LogP contribution in [0.15, 0.2) is 30.3 Å². The number of hydrogen-bond donors (Lipinski definition) is 0. The third kappa shape index (κ3) is 3.32. The van der Waals surface area contributed by atoms with Crippen LogP contribution in [0.2, 0.25) is 0 Å². The first-order valence-electron chi connectivity index (χ1n) is 6.20. The molecular formula is C14H25NO. The van der Waals surface area contributed by atoms with Crippen LogP contribution in [0.4, 0.5) is 5.69 Å². The molecule has 0 bridgehead atoms. The molecule has 0 aliphatic rings. The zero-order valence-corrected chi connectivity index (χ0v) is 10.8. The normalized spacial score (nSPS) is 10.9. The van der Waals surface area contributed by atoms with Gasteiger partial charge in [-0.05, 0) is 32.4 Å². The zero-order chi connectivity index (χ0) is 11.1. The number of unbranched alkanes of at least 4 members (excludes halogenated alkanes) is 1. The molecule has 2 heteroatoms. The molecule has 0 atom stereocenters. The molecule has 0 saturated heterocycles. The molecular weight excluding hydrogens is 198 g/mol. The summed E-state index contributed by atoms with van der Waals surface area (Å²) in [5, 5.41) is 0. The van der Waals surface area contributed by atoms with Gasteiger partial charge >= 0.3 is 0 Å². The molecule has 0 amide bonds. The molecule has 0 aliphatic carbocycles. The van der Waals surface area contributed by atoms with Gasteiger partial charge in [0.15, 0.2) is 0 Å². The standard InChI is InChI=1S/C14H24N.H2O/c1-4-7-13-15(5-2,6-3)14-11-9-8-10-12-14;/h8-12H,4-7,13H2,1-3H3;1H2/q+1;/p-1. The fourth-order valence-electron chi connectivity index (χ4n) is 2.24.